The third-order valence-corrected chi connectivity index (χ3v) is 3.91. The van der Waals surface area contributed by atoms with Crippen molar-refractivity contribution >= 4 is 39.7 Å². The van der Waals surface area contributed by atoms with Crippen molar-refractivity contribution in [1.29, 1.82) is 0 Å². The first kappa shape index (κ1) is 15.5. The van der Waals surface area contributed by atoms with Crippen LogP contribution in [0.3, 0.4) is 0 Å². The molecule has 110 valence electrons. The predicted molar refractivity (Wildman–Crippen MR) is 88.4 cm³/mol. The molecule has 1 aromatic heterocycles. The highest BCUT2D eigenvalue weighted by Crippen LogP contribution is 2.15. The minimum Gasteiger partial charge on any atom is -0.307 e. The molecular formula is C14H16N4OS2. The van der Waals surface area contributed by atoms with Gasteiger partial charge in [-0.1, -0.05) is 48.6 Å². The first-order valence-electron chi connectivity index (χ1n) is 6.64. The van der Waals surface area contributed by atoms with Gasteiger partial charge >= 0.3 is 0 Å². The Morgan fingerprint density at radius 1 is 1.29 bits per heavy atom. The van der Waals surface area contributed by atoms with Gasteiger partial charge in [-0.15, -0.1) is 10.2 Å². The molecule has 0 aliphatic rings. The second-order valence-corrected chi connectivity index (χ2v) is 5.81. The van der Waals surface area contributed by atoms with E-state index in [1.165, 1.54) is 11.3 Å². The molecule has 0 atom stereocenters. The van der Waals surface area contributed by atoms with E-state index in [9.17, 15) is 4.79 Å². The second kappa shape index (κ2) is 7.80. The average Bonchev–Trinajstić information content (AvgIpc) is 2.93. The molecule has 0 saturated heterocycles. The van der Waals surface area contributed by atoms with Crippen LogP contribution in [0.5, 0.6) is 0 Å². The zero-order chi connectivity index (χ0) is 15.1. The molecule has 0 aliphatic carbocycles. The molecule has 0 aliphatic heterocycles. The number of benzene rings is 1. The molecule has 0 spiro atoms. The van der Waals surface area contributed by atoms with E-state index < -0.39 is 0 Å². The smallest absolute Gasteiger partial charge is 0.226 e. The summed E-state index contributed by atoms with van der Waals surface area (Å²) in [6.45, 7) is 2.01. The van der Waals surface area contributed by atoms with Gasteiger partial charge in [0.25, 0.3) is 0 Å². The average molecular weight is 320 g/mol. The molecule has 0 bridgehead atoms. The Kier molecular flexibility index (Phi) is 5.77. The first-order valence-corrected chi connectivity index (χ1v) is 7.87. The molecule has 7 heteroatoms. The Bertz CT molecular complexity index is 612. The van der Waals surface area contributed by atoms with Crippen molar-refractivity contribution in [2.75, 3.05) is 5.32 Å². The van der Waals surface area contributed by atoms with Gasteiger partial charge in [-0.2, -0.15) is 0 Å². The zero-order valence-electron chi connectivity index (χ0n) is 11.6. The van der Waals surface area contributed by atoms with Crippen LogP contribution in [-0.2, 0) is 17.6 Å². The molecule has 0 fully saturated rings. The highest BCUT2D eigenvalue weighted by molar-refractivity contribution is 7.80. The maximum absolute atomic E-state index is 11.8. The largest absolute Gasteiger partial charge is 0.307 e. The van der Waals surface area contributed by atoms with E-state index in [4.69, 9.17) is 12.2 Å². The molecule has 2 N–H and O–H groups in total. The number of carbonyl (C=O) groups excluding carboxylic acids is 1. The van der Waals surface area contributed by atoms with Gasteiger partial charge in [0.1, 0.15) is 5.01 Å². The Hall–Kier alpha value is -1.86. The van der Waals surface area contributed by atoms with E-state index in [1.807, 2.05) is 37.3 Å². The molecule has 2 aromatic rings. The van der Waals surface area contributed by atoms with Gasteiger partial charge in [-0.3, -0.25) is 4.79 Å². The summed E-state index contributed by atoms with van der Waals surface area (Å²) in [5.74, 6) is -0.114. The molecule has 5 nitrogen and oxygen atoms in total. The van der Waals surface area contributed by atoms with Crippen molar-refractivity contribution in [2.24, 2.45) is 0 Å². The summed E-state index contributed by atoms with van der Waals surface area (Å²) in [4.78, 5) is 11.8. The first-order chi connectivity index (χ1) is 10.2. The monoisotopic (exact) mass is 320 g/mol. The highest BCUT2D eigenvalue weighted by Gasteiger charge is 2.08. The molecule has 0 saturated carbocycles. The fraction of sp³-hybridized carbons (Fsp3) is 0.286. The fourth-order valence-electron chi connectivity index (χ4n) is 1.67. The summed E-state index contributed by atoms with van der Waals surface area (Å²) >= 11 is 6.51. The van der Waals surface area contributed by atoms with E-state index in [0.717, 1.165) is 17.0 Å². The SMILES string of the molecule is CCc1nnc(NC(=S)NC(=O)CCc2ccccc2)s1. The minimum atomic E-state index is -0.114. The van der Waals surface area contributed by atoms with Crippen LogP contribution in [0.15, 0.2) is 30.3 Å². The zero-order valence-corrected chi connectivity index (χ0v) is 13.3. The number of carbonyl (C=O) groups is 1. The van der Waals surface area contributed by atoms with Crippen LogP contribution in [0, 0.1) is 0 Å². The number of thiocarbonyl (C=S) groups is 1. The summed E-state index contributed by atoms with van der Waals surface area (Å²) < 4.78 is 0. The van der Waals surface area contributed by atoms with Crippen molar-refractivity contribution in [2.45, 2.75) is 26.2 Å². The summed E-state index contributed by atoms with van der Waals surface area (Å²) in [5.41, 5.74) is 1.13. The number of nitrogens with zero attached hydrogens (tertiary/aromatic N) is 2. The van der Waals surface area contributed by atoms with Gasteiger partial charge < -0.3 is 10.6 Å². The van der Waals surface area contributed by atoms with Gasteiger partial charge in [0.15, 0.2) is 5.11 Å². The maximum atomic E-state index is 11.8. The van der Waals surface area contributed by atoms with Crippen LogP contribution in [-0.4, -0.2) is 21.2 Å². The van der Waals surface area contributed by atoms with Crippen LogP contribution in [0.4, 0.5) is 5.13 Å². The van der Waals surface area contributed by atoms with Crippen molar-refractivity contribution in [3.63, 3.8) is 0 Å². The van der Waals surface area contributed by atoms with Crippen molar-refractivity contribution in [3.8, 4) is 0 Å². The summed E-state index contributed by atoms with van der Waals surface area (Å²) in [6.07, 6.45) is 1.91. The van der Waals surface area contributed by atoms with Gasteiger partial charge in [0.05, 0.1) is 0 Å². The summed E-state index contributed by atoms with van der Waals surface area (Å²) in [7, 11) is 0. The van der Waals surface area contributed by atoms with Crippen molar-refractivity contribution in [3.05, 3.63) is 40.9 Å². The standard InChI is InChI=1S/C14H16N4OS2/c1-2-12-17-18-14(21-12)16-13(20)15-11(19)9-8-10-6-4-3-5-7-10/h3-7H,2,8-9H2,1H3,(H2,15,16,18,19,20). The van der Waals surface area contributed by atoms with E-state index in [2.05, 4.69) is 20.8 Å². The van der Waals surface area contributed by atoms with E-state index >= 15 is 0 Å². The lowest BCUT2D eigenvalue weighted by atomic mass is 10.1. The number of aryl methyl sites for hydroxylation is 2. The van der Waals surface area contributed by atoms with E-state index in [0.29, 0.717) is 18.0 Å². The number of nitrogens with one attached hydrogen (secondary N) is 2. The third kappa shape index (κ3) is 5.20. The lowest BCUT2D eigenvalue weighted by Gasteiger charge is -2.06. The Morgan fingerprint density at radius 2 is 2.05 bits per heavy atom. The second-order valence-electron chi connectivity index (χ2n) is 4.34. The van der Waals surface area contributed by atoms with Gasteiger partial charge in [0, 0.05) is 6.42 Å². The minimum absolute atomic E-state index is 0.114. The number of amides is 1. The Labute approximate surface area is 132 Å². The Morgan fingerprint density at radius 3 is 2.71 bits per heavy atom. The maximum Gasteiger partial charge on any atom is 0.226 e. The van der Waals surface area contributed by atoms with Gasteiger partial charge in [-0.25, -0.2) is 0 Å². The molecular weight excluding hydrogens is 304 g/mol. The highest BCUT2D eigenvalue weighted by atomic mass is 32.1. The van der Waals surface area contributed by atoms with Crippen molar-refractivity contribution in [1.82, 2.24) is 15.5 Å². The van der Waals surface area contributed by atoms with E-state index in [-0.39, 0.29) is 11.0 Å². The van der Waals surface area contributed by atoms with E-state index in [1.54, 1.807) is 0 Å². The summed E-state index contributed by atoms with van der Waals surface area (Å²) in [5, 5.41) is 15.2. The lowest BCUT2D eigenvalue weighted by molar-refractivity contribution is -0.119. The molecule has 21 heavy (non-hydrogen) atoms. The topological polar surface area (TPSA) is 66.9 Å². The van der Waals surface area contributed by atoms with Gasteiger partial charge in [0.2, 0.25) is 11.0 Å². The Balaban J connectivity index is 1.75. The quantitative estimate of drug-likeness (QED) is 0.829. The molecule has 0 unspecified atom stereocenters. The number of anilines is 1. The number of aromatic nitrogens is 2. The molecule has 2 rings (SSSR count). The number of hydrogen-bond donors (Lipinski definition) is 2. The number of rotatable bonds is 5. The molecule has 1 aromatic carbocycles. The number of hydrogen-bond acceptors (Lipinski definition) is 5. The van der Waals surface area contributed by atoms with Crippen LogP contribution in [0.2, 0.25) is 0 Å². The fourth-order valence-corrected chi connectivity index (χ4v) is 2.63. The summed E-state index contributed by atoms with van der Waals surface area (Å²) in [6, 6.07) is 9.87. The van der Waals surface area contributed by atoms with Crippen LogP contribution < -0.4 is 10.6 Å². The normalized spacial score (nSPS) is 10.1. The molecule has 1 heterocycles. The lowest BCUT2D eigenvalue weighted by Crippen LogP contribution is -2.34. The van der Waals surface area contributed by atoms with Crippen molar-refractivity contribution < 1.29 is 4.79 Å². The molecule has 0 radical (unpaired) electrons. The van der Waals surface area contributed by atoms with Crippen LogP contribution in [0.1, 0.15) is 23.9 Å². The third-order valence-electron chi connectivity index (χ3n) is 2.73. The molecule has 1 amide bonds. The predicted octanol–water partition coefficient (Wildman–Crippen LogP) is 2.55. The van der Waals surface area contributed by atoms with Gasteiger partial charge in [-0.05, 0) is 30.6 Å². The van der Waals surface area contributed by atoms with Crippen LogP contribution in [0.25, 0.3) is 0 Å². The van der Waals surface area contributed by atoms with Crippen LogP contribution >= 0.6 is 23.6 Å².